The molecule has 6 heteroatoms. The lowest BCUT2D eigenvalue weighted by atomic mass is 9.89. The minimum atomic E-state index is -0.161. The molecule has 1 aliphatic heterocycles. The zero-order valence-electron chi connectivity index (χ0n) is 18.9. The van der Waals surface area contributed by atoms with E-state index >= 15 is 0 Å². The number of nitrogens with zero attached hydrogens (tertiary/aromatic N) is 1. The fraction of sp³-hybridized carbons (Fsp3) is 0.520. The van der Waals surface area contributed by atoms with Crippen LogP contribution in [-0.4, -0.2) is 41.9 Å². The number of nitrogens with one attached hydrogen (secondary N) is 2. The summed E-state index contributed by atoms with van der Waals surface area (Å²) in [6, 6.07) is 14.4. The zero-order chi connectivity index (χ0) is 22.3. The molecule has 2 heterocycles. The Morgan fingerprint density at radius 2 is 1.90 bits per heavy atom. The highest BCUT2D eigenvalue weighted by Crippen LogP contribution is 2.23. The molecular weight excluding hydrogens is 406 g/mol. The quantitative estimate of drug-likeness (QED) is 0.597. The van der Waals surface area contributed by atoms with Crippen LogP contribution in [0.4, 0.5) is 0 Å². The molecule has 2 unspecified atom stereocenters. The summed E-state index contributed by atoms with van der Waals surface area (Å²) in [6.07, 6.45) is 3.55. The van der Waals surface area contributed by atoms with Gasteiger partial charge in [-0.15, -0.1) is 11.3 Å². The first-order valence-electron chi connectivity index (χ1n) is 11.4. The second-order valence-electron chi connectivity index (χ2n) is 8.55. The van der Waals surface area contributed by atoms with E-state index in [9.17, 15) is 9.59 Å². The Hall–Kier alpha value is -2.18. The molecule has 0 radical (unpaired) electrons. The fourth-order valence-electron chi connectivity index (χ4n) is 4.37. The highest BCUT2D eigenvalue weighted by atomic mass is 32.1. The van der Waals surface area contributed by atoms with E-state index in [-0.39, 0.29) is 29.3 Å². The lowest BCUT2D eigenvalue weighted by molar-refractivity contribution is -0.126. The van der Waals surface area contributed by atoms with Crippen molar-refractivity contribution in [2.75, 3.05) is 19.6 Å². The van der Waals surface area contributed by atoms with Crippen molar-refractivity contribution in [1.29, 1.82) is 0 Å². The summed E-state index contributed by atoms with van der Waals surface area (Å²) in [4.78, 5) is 28.3. The molecule has 0 spiro atoms. The molecule has 0 aliphatic carbocycles. The van der Waals surface area contributed by atoms with Gasteiger partial charge in [0.2, 0.25) is 5.91 Å². The summed E-state index contributed by atoms with van der Waals surface area (Å²) in [5.74, 6) is -0.0398. The lowest BCUT2D eigenvalue weighted by Crippen LogP contribution is -2.55. The van der Waals surface area contributed by atoms with Gasteiger partial charge in [0, 0.05) is 31.2 Å². The molecule has 1 saturated heterocycles. The van der Waals surface area contributed by atoms with Gasteiger partial charge in [0.1, 0.15) is 0 Å². The predicted octanol–water partition coefficient (Wildman–Crippen LogP) is 4.63. The van der Waals surface area contributed by atoms with E-state index in [2.05, 4.69) is 55.7 Å². The van der Waals surface area contributed by atoms with Crippen molar-refractivity contribution in [2.24, 2.45) is 5.92 Å². The number of thiophene rings is 1. The van der Waals surface area contributed by atoms with Crippen LogP contribution in [-0.2, 0) is 4.79 Å². The van der Waals surface area contributed by atoms with Crippen molar-refractivity contribution in [2.45, 2.75) is 58.0 Å². The van der Waals surface area contributed by atoms with E-state index in [1.165, 1.54) is 16.9 Å². The number of amides is 2. The number of likely N-dealkylation sites (tertiary alicyclic amines) is 1. The number of rotatable bonds is 9. The van der Waals surface area contributed by atoms with E-state index in [1.54, 1.807) is 0 Å². The molecule has 0 bridgehead atoms. The summed E-state index contributed by atoms with van der Waals surface area (Å²) >= 11 is 1.46. The molecule has 3 rings (SSSR count). The Balaban J connectivity index is 1.58. The van der Waals surface area contributed by atoms with Crippen molar-refractivity contribution in [3.05, 3.63) is 58.3 Å². The second kappa shape index (κ2) is 10.9. The van der Waals surface area contributed by atoms with Crippen molar-refractivity contribution >= 4 is 23.2 Å². The molecule has 2 aromatic rings. The van der Waals surface area contributed by atoms with E-state index in [1.807, 2.05) is 28.5 Å². The average molecular weight is 442 g/mol. The van der Waals surface area contributed by atoms with Gasteiger partial charge in [0.15, 0.2) is 0 Å². The molecule has 1 fully saturated rings. The lowest BCUT2D eigenvalue weighted by Gasteiger charge is -2.37. The Morgan fingerprint density at radius 1 is 1.16 bits per heavy atom. The molecule has 1 aromatic heterocycles. The number of carbonyl (C=O) groups is 2. The van der Waals surface area contributed by atoms with Crippen molar-refractivity contribution < 1.29 is 9.59 Å². The van der Waals surface area contributed by atoms with Crippen molar-refractivity contribution in [1.82, 2.24) is 15.5 Å². The first kappa shape index (κ1) is 23.5. The molecule has 1 aromatic carbocycles. The highest BCUT2D eigenvalue weighted by molar-refractivity contribution is 7.12. The third-order valence-corrected chi connectivity index (χ3v) is 7.45. The summed E-state index contributed by atoms with van der Waals surface area (Å²) in [7, 11) is 0. The number of piperidine rings is 1. The number of hydrogen-bond donors (Lipinski definition) is 2. The predicted molar refractivity (Wildman–Crippen MR) is 127 cm³/mol. The minimum absolute atomic E-state index is 0.0438. The van der Waals surface area contributed by atoms with Gasteiger partial charge in [0.25, 0.3) is 5.91 Å². The van der Waals surface area contributed by atoms with Gasteiger partial charge in [-0.1, -0.05) is 50.2 Å². The Labute approximate surface area is 190 Å². The first-order valence-corrected chi connectivity index (χ1v) is 12.3. The maximum Gasteiger partial charge on any atom is 0.263 e. The Kier molecular flexibility index (Phi) is 8.27. The van der Waals surface area contributed by atoms with E-state index in [0.29, 0.717) is 13.1 Å². The van der Waals surface area contributed by atoms with Gasteiger partial charge in [-0.2, -0.15) is 0 Å². The van der Waals surface area contributed by atoms with Crippen LogP contribution in [0, 0.1) is 5.92 Å². The number of carbonyl (C=O) groups excluding carboxylic acids is 2. The number of benzene rings is 1. The van der Waals surface area contributed by atoms with Crippen LogP contribution < -0.4 is 10.6 Å². The fourth-order valence-corrected chi connectivity index (χ4v) is 5.06. The van der Waals surface area contributed by atoms with Crippen LogP contribution in [0.15, 0.2) is 47.8 Å². The maximum atomic E-state index is 13.0. The third kappa shape index (κ3) is 5.95. The van der Waals surface area contributed by atoms with Gasteiger partial charge in [-0.3, -0.25) is 9.59 Å². The smallest absolute Gasteiger partial charge is 0.263 e. The second-order valence-corrected chi connectivity index (χ2v) is 9.50. The van der Waals surface area contributed by atoms with Gasteiger partial charge in [-0.05, 0) is 49.6 Å². The van der Waals surface area contributed by atoms with Crippen LogP contribution in [0.5, 0.6) is 0 Å². The van der Waals surface area contributed by atoms with Gasteiger partial charge in [0.05, 0.1) is 10.8 Å². The van der Waals surface area contributed by atoms with Crippen LogP contribution in [0.25, 0.3) is 0 Å². The summed E-state index contributed by atoms with van der Waals surface area (Å²) in [6.45, 7) is 8.33. The van der Waals surface area contributed by atoms with Crippen LogP contribution in [0.3, 0.4) is 0 Å². The standard InChI is InChI=1S/C25H35N3O2S/c1-4-25(5-2,27-19(3)20-11-7-6-8-12-20)18-26-23(29)21-13-9-15-28(17-21)24(30)22-14-10-16-31-22/h6-8,10-12,14,16,19,21,27H,4-5,9,13,15,17-18H2,1-3H3,(H,26,29). The minimum Gasteiger partial charge on any atom is -0.354 e. The molecule has 2 N–H and O–H groups in total. The molecular formula is C25H35N3O2S. The van der Waals surface area contributed by atoms with Crippen molar-refractivity contribution in [3.8, 4) is 0 Å². The maximum absolute atomic E-state index is 13.0. The molecule has 2 amide bonds. The van der Waals surface area contributed by atoms with Crippen LogP contribution >= 0.6 is 11.3 Å². The van der Waals surface area contributed by atoms with Gasteiger partial charge >= 0.3 is 0 Å². The third-order valence-electron chi connectivity index (χ3n) is 6.59. The van der Waals surface area contributed by atoms with Crippen molar-refractivity contribution in [3.63, 3.8) is 0 Å². The van der Waals surface area contributed by atoms with Gasteiger partial charge in [-0.25, -0.2) is 0 Å². The molecule has 168 valence electrons. The molecule has 0 saturated carbocycles. The largest absolute Gasteiger partial charge is 0.354 e. The monoisotopic (exact) mass is 441 g/mol. The zero-order valence-corrected chi connectivity index (χ0v) is 19.7. The van der Waals surface area contributed by atoms with E-state index in [0.717, 1.165) is 37.1 Å². The molecule has 1 aliphatic rings. The molecule has 5 nitrogen and oxygen atoms in total. The topological polar surface area (TPSA) is 61.4 Å². The van der Waals surface area contributed by atoms with Crippen LogP contribution in [0.2, 0.25) is 0 Å². The summed E-state index contributed by atoms with van der Waals surface area (Å²) in [5.41, 5.74) is 1.08. The summed E-state index contributed by atoms with van der Waals surface area (Å²) in [5, 5.41) is 8.90. The normalized spacial score (nSPS) is 17.9. The van der Waals surface area contributed by atoms with Crippen LogP contribution in [0.1, 0.15) is 67.7 Å². The summed E-state index contributed by atoms with van der Waals surface area (Å²) < 4.78 is 0. The van der Waals surface area contributed by atoms with E-state index in [4.69, 9.17) is 0 Å². The number of hydrogen-bond acceptors (Lipinski definition) is 4. The Morgan fingerprint density at radius 3 is 2.55 bits per heavy atom. The Bertz CT molecular complexity index is 834. The van der Waals surface area contributed by atoms with Gasteiger partial charge < -0.3 is 15.5 Å². The molecule has 2 atom stereocenters. The van der Waals surface area contributed by atoms with E-state index < -0.39 is 0 Å². The SMILES string of the molecule is CCC(CC)(CNC(=O)C1CCCN(C(=O)c2cccs2)C1)NC(C)c1ccccc1. The molecule has 31 heavy (non-hydrogen) atoms. The highest BCUT2D eigenvalue weighted by Gasteiger charge is 2.32. The average Bonchev–Trinajstić information content (AvgIpc) is 3.36. The first-order chi connectivity index (χ1) is 15.0.